The van der Waals surface area contributed by atoms with Crippen molar-refractivity contribution in [3.05, 3.63) is 28.2 Å². The highest BCUT2D eigenvalue weighted by Crippen LogP contribution is 2.26. The van der Waals surface area contributed by atoms with Gasteiger partial charge in [-0.25, -0.2) is 13.2 Å². The number of aliphatic hydroxyl groups is 1. The maximum absolute atomic E-state index is 12.6. The lowest BCUT2D eigenvalue weighted by atomic mass is 10.1. The minimum atomic E-state index is -3.03. The van der Waals surface area contributed by atoms with Crippen LogP contribution in [0.2, 0.25) is 10.0 Å². The Balaban J connectivity index is 2.11. The van der Waals surface area contributed by atoms with Crippen LogP contribution in [0.5, 0.6) is 0 Å². The first kappa shape index (κ1) is 19.3. The standard InChI is InChI=1S/C15H20Cl2N2O4S/c1-10(20)9-19(12-4-6-24(22,23)7-5-12)15(21)18-11-2-3-13(16)14(17)8-11/h2-3,8,10,12,20H,4-7,9H2,1H3,(H,18,21)/t10-/m1/s1. The van der Waals surface area contributed by atoms with E-state index in [2.05, 4.69) is 5.32 Å². The molecular formula is C15H20Cl2N2O4S. The van der Waals surface area contributed by atoms with Crippen molar-refractivity contribution >= 4 is 44.8 Å². The number of urea groups is 1. The second-order valence-electron chi connectivity index (χ2n) is 5.94. The van der Waals surface area contributed by atoms with E-state index in [9.17, 15) is 18.3 Å². The summed E-state index contributed by atoms with van der Waals surface area (Å²) in [5, 5.41) is 13.1. The molecule has 1 saturated heterocycles. The van der Waals surface area contributed by atoms with Crippen molar-refractivity contribution in [2.24, 2.45) is 0 Å². The zero-order chi connectivity index (χ0) is 17.9. The quantitative estimate of drug-likeness (QED) is 0.821. The maximum atomic E-state index is 12.6. The Morgan fingerprint density at radius 2 is 1.96 bits per heavy atom. The number of aliphatic hydroxyl groups excluding tert-OH is 1. The number of hydrogen-bond donors (Lipinski definition) is 2. The fraction of sp³-hybridized carbons (Fsp3) is 0.533. The van der Waals surface area contributed by atoms with Crippen LogP contribution in [0, 0.1) is 0 Å². The van der Waals surface area contributed by atoms with Gasteiger partial charge in [0.1, 0.15) is 9.84 Å². The number of hydrogen-bond acceptors (Lipinski definition) is 4. The van der Waals surface area contributed by atoms with E-state index in [0.29, 0.717) is 28.6 Å². The fourth-order valence-electron chi connectivity index (χ4n) is 2.64. The summed E-state index contributed by atoms with van der Waals surface area (Å²) in [4.78, 5) is 14.1. The monoisotopic (exact) mass is 394 g/mol. The highest BCUT2D eigenvalue weighted by Gasteiger charge is 2.31. The topological polar surface area (TPSA) is 86.7 Å². The van der Waals surface area contributed by atoms with Crippen LogP contribution < -0.4 is 5.32 Å². The van der Waals surface area contributed by atoms with Crippen molar-refractivity contribution in [1.82, 2.24) is 4.90 Å². The van der Waals surface area contributed by atoms with Gasteiger partial charge in [-0.2, -0.15) is 0 Å². The number of anilines is 1. The Kier molecular flexibility index (Phi) is 6.36. The molecule has 6 nitrogen and oxygen atoms in total. The van der Waals surface area contributed by atoms with Crippen molar-refractivity contribution in [1.29, 1.82) is 0 Å². The fourth-order valence-corrected chi connectivity index (χ4v) is 4.41. The summed E-state index contributed by atoms with van der Waals surface area (Å²) in [6.07, 6.45) is 0.0105. The predicted molar refractivity (Wildman–Crippen MR) is 95.5 cm³/mol. The third kappa shape index (κ3) is 5.24. The van der Waals surface area contributed by atoms with Crippen LogP contribution in [0.25, 0.3) is 0 Å². The Morgan fingerprint density at radius 1 is 1.33 bits per heavy atom. The Labute approximate surface area is 151 Å². The summed E-state index contributed by atoms with van der Waals surface area (Å²) in [6.45, 7) is 1.71. The van der Waals surface area contributed by atoms with Crippen molar-refractivity contribution in [3.8, 4) is 0 Å². The molecular weight excluding hydrogens is 375 g/mol. The summed E-state index contributed by atoms with van der Waals surface area (Å²) in [5.74, 6) is 0.0993. The number of sulfone groups is 1. The van der Waals surface area contributed by atoms with E-state index in [1.54, 1.807) is 19.1 Å². The van der Waals surface area contributed by atoms with Crippen LogP contribution in [0.3, 0.4) is 0 Å². The molecule has 0 unspecified atom stereocenters. The molecule has 9 heteroatoms. The van der Waals surface area contributed by atoms with Crippen LogP contribution in [-0.4, -0.2) is 54.7 Å². The van der Waals surface area contributed by atoms with Crippen molar-refractivity contribution < 1.29 is 18.3 Å². The molecule has 0 aromatic heterocycles. The van der Waals surface area contributed by atoms with Crippen LogP contribution in [0.1, 0.15) is 19.8 Å². The minimum Gasteiger partial charge on any atom is -0.392 e. The third-order valence-corrected chi connectivity index (χ3v) is 6.31. The smallest absolute Gasteiger partial charge is 0.322 e. The summed E-state index contributed by atoms with van der Waals surface area (Å²) >= 11 is 11.8. The zero-order valence-electron chi connectivity index (χ0n) is 13.2. The average Bonchev–Trinajstić information content (AvgIpc) is 2.49. The van der Waals surface area contributed by atoms with Gasteiger partial charge in [-0.05, 0) is 38.0 Å². The van der Waals surface area contributed by atoms with Crippen LogP contribution in [-0.2, 0) is 9.84 Å². The molecule has 1 fully saturated rings. The highest BCUT2D eigenvalue weighted by molar-refractivity contribution is 7.91. The average molecular weight is 395 g/mol. The van der Waals surface area contributed by atoms with E-state index in [4.69, 9.17) is 23.2 Å². The SMILES string of the molecule is C[C@@H](O)CN(C(=O)Nc1ccc(Cl)c(Cl)c1)C1CCS(=O)(=O)CC1. The first-order valence-electron chi connectivity index (χ1n) is 7.59. The molecule has 2 rings (SSSR count). The lowest BCUT2D eigenvalue weighted by molar-refractivity contribution is 0.114. The van der Waals surface area contributed by atoms with Gasteiger partial charge in [-0.1, -0.05) is 23.2 Å². The molecule has 0 bridgehead atoms. The number of rotatable bonds is 4. The van der Waals surface area contributed by atoms with Gasteiger partial charge >= 0.3 is 6.03 Å². The summed E-state index contributed by atoms with van der Waals surface area (Å²) < 4.78 is 23.2. The van der Waals surface area contributed by atoms with Gasteiger partial charge < -0.3 is 15.3 Å². The number of carbonyl (C=O) groups excluding carboxylic acids is 1. The van der Waals surface area contributed by atoms with Crippen LogP contribution in [0.15, 0.2) is 18.2 Å². The highest BCUT2D eigenvalue weighted by atomic mass is 35.5. The first-order chi connectivity index (χ1) is 11.2. The number of nitrogens with zero attached hydrogens (tertiary/aromatic N) is 1. The molecule has 1 aromatic carbocycles. The lowest BCUT2D eigenvalue weighted by Crippen LogP contribution is -2.49. The maximum Gasteiger partial charge on any atom is 0.322 e. The van der Waals surface area contributed by atoms with Crippen LogP contribution in [0.4, 0.5) is 10.5 Å². The number of amides is 2. The largest absolute Gasteiger partial charge is 0.392 e. The summed E-state index contributed by atoms with van der Waals surface area (Å²) in [6, 6.07) is 4.10. The molecule has 0 radical (unpaired) electrons. The third-order valence-electron chi connectivity index (χ3n) is 3.86. The molecule has 134 valence electrons. The second-order valence-corrected chi connectivity index (χ2v) is 9.06. The van der Waals surface area contributed by atoms with E-state index >= 15 is 0 Å². The van der Waals surface area contributed by atoms with E-state index < -0.39 is 22.0 Å². The predicted octanol–water partition coefficient (Wildman–Crippen LogP) is 2.79. The van der Waals surface area contributed by atoms with Gasteiger partial charge in [0.15, 0.2) is 0 Å². The molecule has 24 heavy (non-hydrogen) atoms. The Morgan fingerprint density at radius 3 is 2.50 bits per heavy atom. The number of nitrogens with one attached hydrogen (secondary N) is 1. The van der Waals surface area contributed by atoms with E-state index in [1.807, 2.05) is 0 Å². The Hall–Kier alpha value is -1.02. The van der Waals surface area contributed by atoms with Crippen molar-refractivity contribution in [2.45, 2.75) is 31.9 Å². The second kappa shape index (κ2) is 7.91. The van der Waals surface area contributed by atoms with Crippen molar-refractivity contribution in [2.75, 3.05) is 23.4 Å². The van der Waals surface area contributed by atoms with Gasteiger partial charge in [-0.15, -0.1) is 0 Å². The first-order valence-corrected chi connectivity index (χ1v) is 10.2. The lowest BCUT2D eigenvalue weighted by Gasteiger charge is -2.35. The molecule has 0 aliphatic carbocycles. The molecule has 2 amide bonds. The van der Waals surface area contributed by atoms with Gasteiger partial charge in [0.25, 0.3) is 0 Å². The number of benzene rings is 1. The van der Waals surface area contributed by atoms with E-state index in [0.717, 1.165) is 0 Å². The molecule has 2 N–H and O–H groups in total. The van der Waals surface area contributed by atoms with E-state index in [-0.39, 0.29) is 24.1 Å². The molecule has 0 saturated carbocycles. The molecule has 1 aliphatic heterocycles. The molecule has 0 spiro atoms. The van der Waals surface area contributed by atoms with Gasteiger partial charge in [0.05, 0.1) is 27.7 Å². The molecule has 1 aliphatic rings. The zero-order valence-corrected chi connectivity index (χ0v) is 15.5. The van der Waals surface area contributed by atoms with Gasteiger partial charge in [0.2, 0.25) is 0 Å². The van der Waals surface area contributed by atoms with Crippen molar-refractivity contribution in [3.63, 3.8) is 0 Å². The summed E-state index contributed by atoms with van der Waals surface area (Å²) in [7, 11) is -3.03. The number of halogens is 2. The minimum absolute atomic E-state index is 0.0496. The summed E-state index contributed by atoms with van der Waals surface area (Å²) in [5.41, 5.74) is 0.480. The molecule has 1 aromatic rings. The molecule has 1 heterocycles. The Bertz CT molecular complexity index is 695. The van der Waals surface area contributed by atoms with E-state index in [1.165, 1.54) is 11.0 Å². The van der Waals surface area contributed by atoms with Crippen LogP contribution >= 0.6 is 23.2 Å². The van der Waals surface area contributed by atoms with Gasteiger partial charge in [-0.3, -0.25) is 0 Å². The number of carbonyl (C=O) groups is 1. The van der Waals surface area contributed by atoms with Gasteiger partial charge in [0, 0.05) is 18.3 Å². The molecule has 1 atom stereocenters. The normalized spacial score (nSPS) is 18.8.